The number of nitrogens with zero attached hydrogens (tertiary/aromatic N) is 2. The maximum Gasteiger partial charge on any atom is 0.258 e. The molecule has 2 heterocycles. The zero-order valence-electron chi connectivity index (χ0n) is 17.5. The van der Waals surface area contributed by atoms with E-state index in [0.29, 0.717) is 29.4 Å². The van der Waals surface area contributed by atoms with Gasteiger partial charge in [0.25, 0.3) is 5.91 Å². The molecule has 1 spiro atoms. The van der Waals surface area contributed by atoms with Gasteiger partial charge in [0, 0.05) is 61.1 Å². The van der Waals surface area contributed by atoms with Crippen molar-refractivity contribution in [1.82, 2.24) is 9.88 Å². The summed E-state index contributed by atoms with van der Waals surface area (Å²) in [6, 6.07) is 3.02. The van der Waals surface area contributed by atoms with Crippen molar-refractivity contribution in [3.63, 3.8) is 0 Å². The maximum absolute atomic E-state index is 15.5. The van der Waals surface area contributed by atoms with Crippen LogP contribution in [-0.2, 0) is 10.2 Å². The van der Waals surface area contributed by atoms with Crippen LogP contribution in [0, 0.1) is 11.7 Å². The molecule has 2 aromatic rings. The monoisotopic (exact) mass is 445 g/mol. The summed E-state index contributed by atoms with van der Waals surface area (Å²) in [5.41, 5.74) is 12.3. The summed E-state index contributed by atoms with van der Waals surface area (Å²) < 4.78 is 15.5. The Hall–Kier alpha value is -2.87. The Morgan fingerprint density at radius 3 is 2.77 bits per heavy atom. The number of nitrogens with two attached hydrogens (primary N) is 2. The standard InChI is InChI=1S/C22H25ClFN5O2/c1-29(2)21(31)16-14(25)4-3-12(19(16)24)13-9-27-20-17(18(13)23)22(10-28-20)6-5-11(8-22)7-15(26)30/h3-4,9,11H,5-8,10,25H2,1-2H3,(H2,26,30)(H,27,28)/t11-,22+/m1/s1. The van der Waals surface area contributed by atoms with Crippen molar-refractivity contribution >= 4 is 34.9 Å². The van der Waals surface area contributed by atoms with E-state index in [9.17, 15) is 9.59 Å². The van der Waals surface area contributed by atoms with E-state index in [1.807, 2.05) is 0 Å². The van der Waals surface area contributed by atoms with Gasteiger partial charge >= 0.3 is 0 Å². The summed E-state index contributed by atoms with van der Waals surface area (Å²) >= 11 is 6.85. The van der Waals surface area contributed by atoms with Crippen LogP contribution in [0.25, 0.3) is 11.1 Å². The highest BCUT2D eigenvalue weighted by atomic mass is 35.5. The molecule has 2 atom stereocenters. The van der Waals surface area contributed by atoms with Gasteiger partial charge in [-0.2, -0.15) is 0 Å². The first-order chi connectivity index (χ1) is 14.6. The quantitative estimate of drug-likeness (QED) is 0.625. The average molecular weight is 446 g/mol. The number of benzene rings is 1. The van der Waals surface area contributed by atoms with Crippen LogP contribution in [0.3, 0.4) is 0 Å². The molecule has 1 saturated carbocycles. The molecular weight excluding hydrogens is 421 g/mol. The lowest BCUT2D eigenvalue weighted by atomic mass is 9.79. The molecule has 0 saturated heterocycles. The molecule has 2 amide bonds. The molecule has 1 fully saturated rings. The van der Waals surface area contributed by atoms with Crippen LogP contribution in [0.1, 0.15) is 41.6 Å². The largest absolute Gasteiger partial charge is 0.398 e. The minimum absolute atomic E-state index is 0.0633. The second-order valence-electron chi connectivity index (χ2n) is 8.71. The molecule has 1 aromatic heterocycles. The number of carbonyl (C=O) groups excluding carboxylic acids is 2. The summed E-state index contributed by atoms with van der Waals surface area (Å²) in [4.78, 5) is 29.6. The normalized spacial score (nSPS) is 21.7. The van der Waals surface area contributed by atoms with Crippen molar-refractivity contribution in [2.45, 2.75) is 31.1 Å². The van der Waals surface area contributed by atoms with E-state index < -0.39 is 11.7 Å². The number of fused-ring (bicyclic) bond motifs is 2. The predicted molar refractivity (Wildman–Crippen MR) is 118 cm³/mol. The lowest BCUT2D eigenvalue weighted by Crippen LogP contribution is -2.26. The number of anilines is 2. The molecule has 5 N–H and O–H groups in total. The Kier molecular flexibility index (Phi) is 5.29. The highest BCUT2D eigenvalue weighted by Gasteiger charge is 2.47. The maximum atomic E-state index is 15.5. The Morgan fingerprint density at radius 2 is 2.10 bits per heavy atom. The first kappa shape index (κ1) is 21.4. The zero-order chi connectivity index (χ0) is 22.5. The fraction of sp³-hybridized carbons (Fsp3) is 0.409. The minimum Gasteiger partial charge on any atom is -0.398 e. The van der Waals surface area contributed by atoms with E-state index in [1.165, 1.54) is 37.3 Å². The summed E-state index contributed by atoms with van der Waals surface area (Å²) in [6.07, 6.45) is 4.31. The second-order valence-corrected chi connectivity index (χ2v) is 9.09. The molecule has 9 heteroatoms. The molecule has 0 unspecified atom stereocenters. The van der Waals surface area contributed by atoms with Gasteiger partial charge in [-0.1, -0.05) is 11.6 Å². The van der Waals surface area contributed by atoms with Gasteiger partial charge in [-0.25, -0.2) is 9.37 Å². The van der Waals surface area contributed by atoms with Gasteiger partial charge in [-0.05, 0) is 37.3 Å². The number of carbonyl (C=O) groups is 2. The lowest BCUT2D eigenvalue weighted by molar-refractivity contribution is -0.118. The number of hydrogen-bond acceptors (Lipinski definition) is 5. The molecular formula is C22H25ClFN5O2. The topological polar surface area (TPSA) is 114 Å². The molecule has 0 bridgehead atoms. The van der Waals surface area contributed by atoms with E-state index in [-0.39, 0.29) is 34.1 Å². The number of aromatic nitrogens is 1. The van der Waals surface area contributed by atoms with Gasteiger partial charge in [-0.15, -0.1) is 0 Å². The Labute approximate surface area is 184 Å². The van der Waals surface area contributed by atoms with Crippen molar-refractivity contribution in [1.29, 1.82) is 0 Å². The zero-order valence-corrected chi connectivity index (χ0v) is 18.2. The SMILES string of the molecule is CN(C)C(=O)c1c(N)ccc(-c2cnc3c(c2Cl)[C@]2(CC[C@H](CC(N)=O)C2)CN3)c1F. The van der Waals surface area contributed by atoms with E-state index >= 15 is 4.39 Å². The van der Waals surface area contributed by atoms with Crippen LogP contribution in [0.15, 0.2) is 18.3 Å². The number of pyridine rings is 1. The molecule has 0 radical (unpaired) electrons. The lowest BCUT2D eigenvalue weighted by Gasteiger charge is -2.25. The summed E-state index contributed by atoms with van der Waals surface area (Å²) in [5, 5.41) is 3.71. The van der Waals surface area contributed by atoms with Crippen LogP contribution < -0.4 is 16.8 Å². The fourth-order valence-electron chi connectivity index (χ4n) is 4.96. The fourth-order valence-corrected chi connectivity index (χ4v) is 5.40. The van der Waals surface area contributed by atoms with Crippen molar-refractivity contribution in [2.75, 3.05) is 31.7 Å². The molecule has 1 aromatic carbocycles. The molecule has 7 nitrogen and oxygen atoms in total. The first-order valence-electron chi connectivity index (χ1n) is 10.2. The highest BCUT2D eigenvalue weighted by molar-refractivity contribution is 6.34. The molecule has 164 valence electrons. The van der Waals surface area contributed by atoms with E-state index in [1.54, 1.807) is 0 Å². The van der Waals surface area contributed by atoms with Crippen molar-refractivity contribution in [2.24, 2.45) is 11.7 Å². The Morgan fingerprint density at radius 1 is 1.35 bits per heavy atom. The molecule has 31 heavy (non-hydrogen) atoms. The van der Waals surface area contributed by atoms with Gasteiger partial charge in [0.05, 0.1) is 10.6 Å². The smallest absolute Gasteiger partial charge is 0.258 e. The predicted octanol–water partition coefficient (Wildman–Crippen LogP) is 3.16. The summed E-state index contributed by atoms with van der Waals surface area (Å²) in [7, 11) is 3.08. The van der Waals surface area contributed by atoms with Crippen LogP contribution >= 0.6 is 11.6 Å². The Bertz CT molecular complexity index is 1090. The number of hydrogen-bond donors (Lipinski definition) is 3. The molecule has 1 aliphatic heterocycles. The van der Waals surface area contributed by atoms with Gasteiger partial charge in [-0.3, -0.25) is 9.59 Å². The third-order valence-electron chi connectivity index (χ3n) is 6.42. The van der Waals surface area contributed by atoms with E-state index in [4.69, 9.17) is 23.1 Å². The van der Waals surface area contributed by atoms with Crippen LogP contribution in [-0.4, -0.2) is 42.3 Å². The molecule has 2 aliphatic rings. The van der Waals surface area contributed by atoms with Gasteiger partial charge in [0.15, 0.2) is 0 Å². The molecule has 1 aliphatic carbocycles. The van der Waals surface area contributed by atoms with Crippen LogP contribution in [0.2, 0.25) is 5.02 Å². The van der Waals surface area contributed by atoms with Crippen LogP contribution in [0.4, 0.5) is 15.9 Å². The van der Waals surface area contributed by atoms with E-state index in [2.05, 4.69) is 10.3 Å². The summed E-state index contributed by atoms with van der Waals surface area (Å²) in [5.74, 6) is -0.699. The van der Waals surface area contributed by atoms with Gasteiger partial charge in [0.1, 0.15) is 11.6 Å². The Balaban J connectivity index is 1.80. The minimum atomic E-state index is -0.722. The third kappa shape index (κ3) is 3.48. The van der Waals surface area contributed by atoms with E-state index in [0.717, 1.165) is 24.8 Å². The average Bonchev–Trinajstić information content (AvgIpc) is 3.26. The van der Waals surface area contributed by atoms with Crippen molar-refractivity contribution in [3.05, 3.63) is 40.3 Å². The van der Waals surface area contributed by atoms with Crippen molar-refractivity contribution in [3.8, 4) is 11.1 Å². The highest BCUT2D eigenvalue weighted by Crippen LogP contribution is 2.54. The first-order valence-corrected chi connectivity index (χ1v) is 10.5. The van der Waals surface area contributed by atoms with Gasteiger partial charge < -0.3 is 21.7 Å². The molecule has 4 rings (SSSR count). The number of primary amides is 1. The number of amides is 2. The third-order valence-corrected chi connectivity index (χ3v) is 6.82. The number of nitrogen functional groups attached to an aromatic ring is 1. The summed E-state index contributed by atoms with van der Waals surface area (Å²) in [6.45, 7) is 0.655. The number of halogens is 2. The van der Waals surface area contributed by atoms with Crippen LogP contribution in [0.5, 0.6) is 0 Å². The second kappa shape index (κ2) is 7.67. The number of rotatable bonds is 4. The van der Waals surface area contributed by atoms with Crippen molar-refractivity contribution < 1.29 is 14.0 Å². The van der Waals surface area contributed by atoms with Gasteiger partial charge in [0.2, 0.25) is 5.91 Å². The number of nitrogens with one attached hydrogen (secondary N) is 1.